The number of carbonyl (C=O) groups is 2. The molecule has 0 aromatic carbocycles. The summed E-state index contributed by atoms with van der Waals surface area (Å²) in [4.78, 5) is 29.7. The van der Waals surface area contributed by atoms with Crippen molar-refractivity contribution in [2.75, 3.05) is 7.11 Å². The lowest BCUT2D eigenvalue weighted by atomic mass is 10.2. The number of methoxy groups -OCH3 is 1. The van der Waals surface area contributed by atoms with E-state index in [4.69, 9.17) is 4.74 Å². The molecule has 1 unspecified atom stereocenters. The molecule has 1 amide bonds. The first kappa shape index (κ1) is 15.0. The Morgan fingerprint density at radius 1 is 1.44 bits per heavy atom. The predicted octanol–water partition coefficient (Wildman–Crippen LogP) is 1.67. The quantitative estimate of drug-likeness (QED) is 0.733. The van der Waals surface area contributed by atoms with Crippen LogP contribution in [0.5, 0.6) is 0 Å². The second-order valence-electron chi connectivity index (χ2n) is 4.70. The second kappa shape index (κ2) is 6.22. The largest absolute Gasteiger partial charge is 0.468 e. The van der Waals surface area contributed by atoms with Crippen LogP contribution in [0.3, 0.4) is 0 Å². The lowest BCUT2D eigenvalue weighted by molar-refractivity contribution is -0.142. The molecule has 102 valence electrons. The van der Waals surface area contributed by atoms with Gasteiger partial charge < -0.3 is 4.74 Å². The monoisotopic (exact) mass is 272 g/mol. The van der Waals surface area contributed by atoms with E-state index < -0.39 is 5.25 Å². The highest BCUT2D eigenvalue weighted by Gasteiger charge is 2.37. The molecular weight excluding hydrogens is 252 g/mol. The summed E-state index contributed by atoms with van der Waals surface area (Å²) >= 11 is 1.31. The molecule has 0 aliphatic carbocycles. The Bertz CT molecular complexity index is 366. The Morgan fingerprint density at radius 2 is 2.06 bits per heavy atom. The van der Waals surface area contributed by atoms with Crippen molar-refractivity contribution in [2.45, 2.75) is 51.4 Å². The maximum atomic E-state index is 12.1. The van der Waals surface area contributed by atoms with Crippen LogP contribution in [0.2, 0.25) is 0 Å². The molecule has 0 N–H and O–H groups in total. The number of rotatable bonds is 3. The number of hydrogen-bond acceptors (Lipinski definition) is 5. The lowest BCUT2D eigenvalue weighted by Crippen LogP contribution is -2.48. The maximum absolute atomic E-state index is 12.1. The van der Waals surface area contributed by atoms with Gasteiger partial charge in [-0.3, -0.25) is 19.5 Å². The zero-order chi connectivity index (χ0) is 13.9. The number of ether oxygens (including phenoxy) is 1. The molecule has 1 atom stereocenters. The van der Waals surface area contributed by atoms with Crippen molar-refractivity contribution < 1.29 is 14.3 Å². The third-order valence-corrected chi connectivity index (χ3v) is 3.59. The summed E-state index contributed by atoms with van der Waals surface area (Å²) in [6.07, 6.45) is 0.173. The van der Waals surface area contributed by atoms with Crippen LogP contribution in [0.1, 0.15) is 34.1 Å². The van der Waals surface area contributed by atoms with Gasteiger partial charge in [0, 0.05) is 12.1 Å². The van der Waals surface area contributed by atoms with Crippen LogP contribution in [0, 0.1) is 0 Å². The van der Waals surface area contributed by atoms with Gasteiger partial charge in [-0.1, -0.05) is 11.8 Å². The highest BCUT2D eigenvalue weighted by atomic mass is 32.2. The first-order valence-electron chi connectivity index (χ1n) is 6.01. The number of thioether (sulfide) groups is 1. The minimum absolute atomic E-state index is 0.0427. The van der Waals surface area contributed by atoms with Crippen LogP contribution >= 0.6 is 11.8 Å². The minimum atomic E-state index is -0.477. The first-order chi connectivity index (χ1) is 8.36. The van der Waals surface area contributed by atoms with Crippen LogP contribution < -0.4 is 0 Å². The van der Waals surface area contributed by atoms with Gasteiger partial charge in [-0.2, -0.15) is 0 Å². The molecule has 1 saturated heterocycles. The molecule has 1 aliphatic rings. The normalized spacial score (nSPS) is 23.1. The van der Waals surface area contributed by atoms with Gasteiger partial charge in [0.15, 0.2) is 5.17 Å². The van der Waals surface area contributed by atoms with E-state index in [1.165, 1.54) is 18.9 Å². The number of amidine groups is 1. The topological polar surface area (TPSA) is 59.0 Å². The molecule has 1 fully saturated rings. The van der Waals surface area contributed by atoms with E-state index in [2.05, 4.69) is 4.99 Å². The summed E-state index contributed by atoms with van der Waals surface area (Å²) in [5.41, 5.74) is 0. The Hall–Kier alpha value is -1.04. The van der Waals surface area contributed by atoms with Crippen LogP contribution in [-0.4, -0.2) is 46.4 Å². The zero-order valence-electron chi connectivity index (χ0n) is 11.5. The van der Waals surface area contributed by atoms with Crippen LogP contribution in [0.15, 0.2) is 4.99 Å². The van der Waals surface area contributed by atoms with Crippen LogP contribution in [-0.2, 0) is 14.3 Å². The highest BCUT2D eigenvalue weighted by Crippen LogP contribution is 2.29. The third-order valence-electron chi connectivity index (χ3n) is 2.43. The summed E-state index contributed by atoms with van der Waals surface area (Å²) in [7, 11) is 1.33. The van der Waals surface area contributed by atoms with E-state index in [0.29, 0.717) is 5.17 Å². The summed E-state index contributed by atoms with van der Waals surface area (Å²) in [6.45, 7) is 7.76. The highest BCUT2D eigenvalue weighted by molar-refractivity contribution is 8.15. The molecule has 5 nitrogen and oxygen atoms in total. The molecule has 1 rings (SSSR count). The molecule has 0 bridgehead atoms. The molecular formula is C12H20N2O3S. The minimum Gasteiger partial charge on any atom is -0.468 e. The van der Waals surface area contributed by atoms with E-state index in [1.807, 2.05) is 27.7 Å². The Labute approximate surface area is 112 Å². The Morgan fingerprint density at radius 3 is 2.50 bits per heavy atom. The van der Waals surface area contributed by atoms with E-state index in [1.54, 1.807) is 4.90 Å². The summed E-state index contributed by atoms with van der Waals surface area (Å²) in [5, 5.41) is 0.140. The van der Waals surface area contributed by atoms with Crippen molar-refractivity contribution in [3.05, 3.63) is 0 Å². The second-order valence-corrected chi connectivity index (χ2v) is 5.87. The number of nitrogens with zero attached hydrogens (tertiary/aromatic N) is 2. The molecule has 0 radical (unpaired) electrons. The van der Waals surface area contributed by atoms with E-state index in [9.17, 15) is 9.59 Å². The molecule has 1 heterocycles. The standard InChI is InChI=1S/C12H20N2O3S/c1-7(2)13-12-14(8(3)4)10(15)6-9(18-12)11(16)17-5/h7-9H,6H2,1-5H3. The van der Waals surface area contributed by atoms with Crippen LogP contribution in [0.4, 0.5) is 0 Å². The van der Waals surface area contributed by atoms with Gasteiger partial charge in [-0.25, -0.2) is 0 Å². The zero-order valence-corrected chi connectivity index (χ0v) is 12.3. The summed E-state index contributed by atoms with van der Waals surface area (Å²) in [6, 6.07) is 0.124. The molecule has 0 saturated carbocycles. The van der Waals surface area contributed by atoms with Gasteiger partial charge in [0.1, 0.15) is 5.25 Å². The van der Waals surface area contributed by atoms with Crippen LogP contribution in [0.25, 0.3) is 0 Å². The lowest BCUT2D eigenvalue weighted by Gasteiger charge is -2.34. The summed E-state index contributed by atoms with van der Waals surface area (Å²) < 4.78 is 4.70. The number of carbonyl (C=O) groups excluding carboxylic acids is 2. The average molecular weight is 272 g/mol. The van der Waals surface area contributed by atoms with Crippen molar-refractivity contribution in [2.24, 2.45) is 4.99 Å². The van der Waals surface area contributed by atoms with Crippen molar-refractivity contribution in [1.29, 1.82) is 0 Å². The molecule has 0 aromatic rings. The fourth-order valence-corrected chi connectivity index (χ4v) is 3.05. The molecule has 0 aromatic heterocycles. The first-order valence-corrected chi connectivity index (χ1v) is 6.89. The van der Waals surface area contributed by atoms with Gasteiger partial charge in [0.2, 0.25) is 5.91 Å². The Balaban J connectivity index is 2.99. The number of esters is 1. The smallest absolute Gasteiger partial charge is 0.319 e. The van der Waals surface area contributed by atoms with Crippen molar-refractivity contribution >= 4 is 28.8 Å². The van der Waals surface area contributed by atoms with E-state index in [-0.39, 0.29) is 30.4 Å². The van der Waals surface area contributed by atoms with Gasteiger partial charge in [-0.15, -0.1) is 0 Å². The van der Waals surface area contributed by atoms with E-state index >= 15 is 0 Å². The predicted molar refractivity (Wildman–Crippen MR) is 72.6 cm³/mol. The molecule has 1 aliphatic heterocycles. The van der Waals surface area contributed by atoms with Gasteiger partial charge in [0.05, 0.1) is 13.5 Å². The number of aliphatic imine (C=N–C) groups is 1. The van der Waals surface area contributed by atoms with Crippen molar-refractivity contribution in [3.63, 3.8) is 0 Å². The number of hydrogen-bond donors (Lipinski definition) is 0. The van der Waals surface area contributed by atoms with E-state index in [0.717, 1.165) is 0 Å². The summed E-state index contributed by atoms with van der Waals surface area (Å²) in [5.74, 6) is -0.438. The van der Waals surface area contributed by atoms with Gasteiger partial charge >= 0.3 is 5.97 Å². The van der Waals surface area contributed by atoms with Crippen molar-refractivity contribution in [1.82, 2.24) is 4.90 Å². The fraction of sp³-hybridized carbons (Fsp3) is 0.750. The Kier molecular flexibility index (Phi) is 5.19. The third kappa shape index (κ3) is 3.48. The molecule has 6 heteroatoms. The number of amides is 1. The maximum Gasteiger partial charge on any atom is 0.319 e. The van der Waals surface area contributed by atoms with Crippen molar-refractivity contribution in [3.8, 4) is 0 Å². The fourth-order valence-electron chi connectivity index (χ4n) is 1.67. The SMILES string of the molecule is COC(=O)C1CC(=O)N(C(C)C)C(=NC(C)C)S1. The van der Waals surface area contributed by atoms with Gasteiger partial charge in [-0.05, 0) is 27.7 Å². The average Bonchev–Trinajstić information content (AvgIpc) is 2.25. The molecule has 0 spiro atoms. The molecule has 18 heavy (non-hydrogen) atoms. The van der Waals surface area contributed by atoms with Gasteiger partial charge in [0.25, 0.3) is 0 Å².